The summed E-state index contributed by atoms with van der Waals surface area (Å²) < 4.78 is 7.21. The molecule has 1 aromatic rings. The molecule has 0 aliphatic rings. The Kier molecular flexibility index (Phi) is 7.69. The van der Waals surface area contributed by atoms with Crippen molar-refractivity contribution < 1.29 is 9.53 Å². The Labute approximate surface area is 145 Å². The van der Waals surface area contributed by atoms with Gasteiger partial charge in [0.25, 0.3) is 5.91 Å². The molecule has 21 heavy (non-hydrogen) atoms. The molecule has 0 heterocycles. The van der Waals surface area contributed by atoms with Crippen LogP contribution in [0.1, 0.15) is 5.56 Å². The molecule has 0 saturated heterocycles. The molecule has 0 aliphatic carbocycles. The summed E-state index contributed by atoms with van der Waals surface area (Å²) in [6.45, 7) is 5.84. The number of nitrogens with one attached hydrogen (secondary N) is 3. The van der Waals surface area contributed by atoms with Gasteiger partial charge in [-0.3, -0.25) is 15.6 Å². The maximum atomic E-state index is 11.7. The van der Waals surface area contributed by atoms with Crippen molar-refractivity contribution in [2.24, 2.45) is 0 Å². The number of rotatable bonds is 5. The first-order chi connectivity index (χ1) is 9.93. The Morgan fingerprint density at radius 1 is 1.43 bits per heavy atom. The zero-order chi connectivity index (χ0) is 15.8. The number of ether oxygens (including phenoxy) is 1. The Morgan fingerprint density at radius 2 is 2.14 bits per heavy atom. The third-order valence-corrected chi connectivity index (χ3v) is 3.56. The summed E-state index contributed by atoms with van der Waals surface area (Å²) in [5.41, 5.74) is 5.92. The Bertz CT molecular complexity index is 529. The van der Waals surface area contributed by atoms with Crippen molar-refractivity contribution in [1.29, 1.82) is 0 Å². The average Bonchev–Trinajstić information content (AvgIpc) is 2.41. The highest BCUT2D eigenvalue weighted by Gasteiger charge is 2.09. The van der Waals surface area contributed by atoms with Crippen LogP contribution >= 0.6 is 44.1 Å². The number of carbonyl (C=O) groups is 1. The fourth-order valence-electron chi connectivity index (χ4n) is 1.38. The SMILES string of the molecule is C=CCNC(=S)NNC(=O)COc1c(C)cc(Br)cc1Br. The molecule has 0 unspecified atom stereocenters. The van der Waals surface area contributed by atoms with Crippen molar-refractivity contribution in [3.8, 4) is 5.75 Å². The number of aryl methyl sites for hydroxylation is 1. The maximum Gasteiger partial charge on any atom is 0.276 e. The van der Waals surface area contributed by atoms with Crippen LogP contribution in [-0.4, -0.2) is 24.2 Å². The first-order valence-electron chi connectivity index (χ1n) is 5.96. The molecule has 0 aromatic heterocycles. The highest BCUT2D eigenvalue weighted by Crippen LogP contribution is 2.32. The second-order valence-electron chi connectivity index (χ2n) is 3.99. The number of thiocarbonyl (C=S) groups is 1. The van der Waals surface area contributed by atoms with Gasteiger partial charge in [0.1, 0.15) is 5.75 Å². The van der Waals surface area contributed by atoms with Gasteiger partial charge in [0, 0.05) is 11.0 Å². The largest absolute Gasteiger partial charge is 0.482 e. The number of benzene rings is 1. The highest BCUT2D eigenvalue weighted by atomic mass is 79.9. The fourth-order valence-corrected chi connectivity index (χ4v) is 3.07. The molecular formula is C13H15Br2N3O2S. The summed E-state index contributed by atoms with van der Waals surface area (Å²) in [6, 6.07) is 3.76. The lowest BCUT2D eigenvalue weighted by Crippen LogP contribution is -2.48. The van der Waals surface area contributed by atoms with Gasteiger partial charge in [-0.1, -0.05) is 22.0 Å². The van der Waals surface area contributed by atoms with Crippen LogP contribution in [0.15, 0.2) is 33.7 Å². The van der Waals surface area contributed by atoms with Crippen molar-refractivity contribution in [1.82, 2.24) is 16.2 Å². The van der Waals surface area contributed by atoms with Gasteiger partial charge in [-0.05, 0) is 52.8 Å². The molecule has 1 amide bonds. The van der Waals surface area contributed by atoms with Crippen LogP contribution < -0.4 is 20.9 Å². The van der Waals surface area contributed by atoms with E-state index in [0.717, 1.165) is 14.5 Å². The van der Waals surface area contributed by atoms with Crippen LogP contribution in [0.4, 0.5) is 0 Å². The predicted molar refractivity (Wildman–Crippen MR) is 94.2 cm³/mol. The molecule has 0 spiro atoms. The van der Waals surface area contributed by atoms with Gasteiger partial charge >= 0.3 is 0 Å². The number of hydrogen-bond acceptors (Lipinski definition) is 3. The summed E-state index contributed by atoms with van der Waals surface area (Å²) in [6.07, 6.45) is 1.66. The van der Waals surface area contributed by atoms with Gasteiger partial charge in [0.2, 0.25) is 0 Å². The van der Waals surface area contributed by atoms with E-state index in [9.17, 15) is 4.79 Å². The lowest BCUT2D eigenvalue weighted by molar-refractivity contribution is -0.123. The third-order valence-electron chi connectivity index (χ3n) is 2.26. The minimum atomic E-state index is -0.341. The number of amides is 1. The van der Waals surface area contributed by atoms with Gasteiger partial charge in [0.15, 0.2) is 11.7 Å². The zero-order valence-electron chi connectivity index (χ0n) is 11.3. The molecule has 0 radical (unpaired) electrons. The number of hydrogen-bond donors (Lipinski definition) is 3. The van der Waals surface area contributed by atoms with Crippen molar-refractivity contribution in [2.75, 3.05) is 13.2 Å². The first kappa shape index (κ1) is 17.9. The van der Waals surface area contributed by atoms with Crippen LogP contribution in [0.3, 0.4) is 0 Å². The van der Waals surface area contributed by atoms with Gasteiger partial charge in [-0.25, -0.2) is 0 Å². The summed E-state index contributed by atoms with van der Waals surface area (Å²) in [5.74, 6) is 0.285. The lowest BCUT2D eigenvalue weighted by Gasteiger charge is -2.13. The van der Waals surface area contributed by atoms with Crippen LogP contribution in [-0.2, 0) is 4.79 Å². The fraction of sp³-hybridized carbons (Fsp3) is 0.231. The normalized spacial score (nSPS) is 9.67. The minimum Gasteiger partial charge on any atom is -0.482 e. The van der Waals surface area contributed by atoms with E-state index in [2.05, 4.69) is 54.6 Å². The lowest BCUT2D eigenvalue weighted by atomic mass is 10.2. The van der Waals surface area contributed by atoms with E-state index in [-0.39, 0.29) is 12.5 Å². The van der Waals surface area contributed by atoms with Gasteiger partial charge in [-0.15, -0.1) is 6.58 Å². The molecule has 8 heteroatoms. The van der Waals surface area contributed by atoms with Gasteiger partial charge < -0.3 is 10.1 Å². The summed E-state index contributed by atoms with van der Waals surface area (Å²) >= 11 is 11.7. The van der Waals surface area contributed by atoms with E-state index in [1.165, 1.54) is 0 Å². The van der Waals surface area contributed by atoms with Crippen molar-refractivity contribution >= 4 is 55.1 Å². The quantitative estimate of drug-likeness (QED) is 0.376. The Morgan fingerprint density at radius 3 is 2.76 bits per heavy atom. The van der Waals surface area contributed by atoms with Crippen molar-refractivity contribution in [2.45, 2.75) is 6.92 Å². The van der Waals surface area contributed by atoms with E-state index >= 15 is 0 Å². The summed E-state index contributed by atoms with van der Waals surface area (Å²) in [4.78, 5) is 11.7. The molecule has 1 aromatic carbocycles. The maximum absolute atomic E-state index is 11.7. The van der Waals surface area contributed by atoms with Crippen LogP contribution in [0.2, 0.25) is 0 Å². The standard InChI is InChI=1S/C13H15Br2N3O2S/c1-3-4-16-13(21)18-17-11(19)7-20-12-8(2)5-9(14)6-10(12)15/h3,5-6H,1,4,7H2,2H3,(H,17,19)(H2,16,18,21). The van der Waals surface area contributed by atoms with E-state index in [4.69, 9.17) is 17.0 Å². The van der Waals surface area contributed by atoms with Crippen molar-refractivity contribution in [3.05, 3.63) is 39.3 Å². The molecule has 114 valence electrons. The second kappa shape index (κ2) is 9.01. The van der Waals surface area contributed by atoms with Crippen LogP contribution in [0.25, 0.3) is 0 Å². The molecule has 5 nitrogen and oxygen atoms in total. The van der Waals surface area contributed by atoms with Crippen LogP contribution in [0.5, 0.6) is 5.75 Å². The highest BCUT2D eigenvalue weighted by molar-refractivity contribution is 9.11. The molecule has 3 N–H and O–H groups in total. The second-order valence-corrected chi connectivity index (χ2v) is 6.17. The predicted octanol–water partition coefficient (Wildman–Crippen LogP) is 2.58. The topological polar surface area (TPSA) is 62.4 Å². The molecule has 0 aliphatic heterocycles. The van der Waals surface area contributed by atoms with E-state index in [1.54, 1.807) is 6.08 Å². The van der Waals surface area contributed by atoms with Gasteiger partial charge in [0.05, 0.1) is 4.47 Å². The monoisotopic (exact) mass is 435 g/mol. The molecule has 1 rings (SSSR count). The van der Waals surface area contributed by atoms with Gasteiger partial charge in [-0.2, -0.15) is 0 Å². The smallest absolute Gasteiger partial charge is 0.276 e. The van der Waals surface area contributed by atoms with E-state index in [1.807, 2.05) is 19.1 Å². The average molecular weight is 437 g/mol. The van der Waals surface area contributed by atoms with E-state index < -0.39 is 0 Å². The molecular weight excluding hydrogens is 422 g/mol. The Hall–Kier alpha value is -1.12. The number of carbonyl (C=O) groups excluding carboxylic acids is 1. The summed E-state index contributed by atoms with van der Waals surface area (Å²) in [7, 11) is 0. The molecule has 0 bridgehead atoms. The zero-order valence-corrected chi connectivity index (χ0v) is 15.3. The Balaban J connectivity index is 2.43. The van der Waals surface area contributed by atoms with Crippen molar-refractivity contribution in [3.63, 3.8) is 0 Å². The molecule has 0 atom stereocenters. The summed E-state index contributed by atoms with van der Waals surface area (Å²) in [5, 5.41) is 3.13. The van der Waals surface area contributed by atoms with E-state index in [0.29, 0.717) is 17.4 Å². The first-order valence-corrected chi connectivity index (χ1v) is 7.95. The minimum absolute atomic E-state index is 0.127. The van der Waals surface area contributed by atoms with Crippen LogP contribution in [0, 0.1) is 6.92 Å². The number of halogens is 2. The molecule has 0 fully saturated rings. The number of hydrazine groups is 1. The molecule has 0 saturated carbocycles. The third kappa shape index (κ3) is 6.45.